The van der Waals surface area contributed by atoms with Gasteiger partial charge in [0.25, 0.3) is 0 Å². The molecule has 4 aliphatic carbocycles. The molecule has 6 rings (SSSR count). The third-order valence-electron chi connectivity index (χ3n) is 10.4. The largest absolute Gasteiger partial charge is 0.450 e. The molecule has 2 heterocycles. The number of rotatable bonds is 2. The van der Waals surface area contributed by atoms with Gasteiger partial charge in [-0.1, -0.05) is 32.9 Å². The Morgan fingerprint density at radius 1 is 1.22 bits per heavy atom. The fraction of sp³-hybridized carbons (Fsp3) is 0.667. The normalized spacial score (nSPS) is 42.9. The Bertz CT molecular complexity index is 1250. The average molecular weight is 510 g/mol. The van der Waals surface area contributed by atoms with Gasteiger partial charge in [0.2, 0.25) is 0 Å². The van der Waals surface area contributed by atoms with E-state index >= 15 is 0 Å². The average Bonchev–Trinajstić information content (AvgIpc) is 3.09. The Balaban J connectivity index is 1.53. The zero-order valence-corrected chi connectivity index (χ0v) is 23.1. The molecule has 7 nitrogen and oxygen atoms in total. The van der Waals surface area contributed by atoms with Gasteiger partial charge in [0.15, 0.2) is 23.3 Å². The summed E-state index contributed by atoms with van der Waals surface area (Å²) in [5, 5.41) is 13.1. The van der Waals surface area contributed by atoms with Gasteiger partial charge in [-0.15, -0.1) is 0 Å². The van der Waals surface area contributed by atoms with Crippen LogP contribution in [0.3, 0.4) is 0 Å². The molecule has 1 spiro atoms. The summed E-state index contributed by atoms with van der Waals surface area (Å²) in [4.78, 5) is 28.3. The minimum Gasteiger partial charge on any atom is -0.450 e. The van der Waals surface area contributed by atoms with E-state index in [1.54, 1.807) is 11.6 Å². The number of aliphatic hydroxyl groups is 1. The number of carbonyl (C=O) groups excluding carboxylic acids is 2. The van der Waals surface area contributed by atoms with Crippen LogP contribution in [-0.2, 0) is 26.1 Å². The standard InChI is InChI=1S/C30H39NO6/c1-15-9-10-31(8)22(15)26(33)36-24-16(2)13-29-17(3)11-20-21(27(20,4)5)19(23(29)32)12-18-14-35-28(6,7)37-25(18)30(24,29)34/h9-10,12-13,17,19-21,24-25,34H,11,14H2,1-8H3/t17-,19+,20-,21+,24+,25-,29+,30-/m1/s1. The summed E-state index contributed by atoms with van der Waals surface area (Å²) in [6, 6.07) is 1.86. The maximum absolute atomic E-state index is 14.7. The van der Waals surface area contributed by atoms with E-state index in [1.165, 1.54) is 0 Å². The van der Waals surface area contributed by atoms with E-state index in [1.807, 2.05) is 52.1 Å². The van der Waals surface area contributed by atoms with E-state index in [0.717, 1.165) is 17.6 Å². The molecule has 1 saturated heterocycles. The third-order valence-corrected chi connectivity index (χ3v) is 10.4. The van der Waals surface area contributed by atoms with Crippen molar-refractivity contribution in [1.29, 1.82) is 0 Å². The first-order valence-electron chi connectivity index (χ1n) is 13.5. The first-order chi connectivity index (χ1) is 17.2. The van der Waals surface area contributed by atoms with Gasteiger partial charge >= 0.3 is 5.97 Å². The predicted molar refractivity (Wildman–Crippen MR) is 137 cm³/mol. The lowest BCUT2D eigenvalue weighted by Gasteiger charge is -2.52. The lowest BCUT2D eigenvalue weighted by molar-refractivity contribution is -0.302. The molecule has 2 bridgehead atoms. The molecule has 1 aromatic heterocycles. The number of hydrogen-bond acceptors (Lipinski definition) is 6. The zero-order valence-electron chi connectivity index (χ0n) is 23.1. The molecule has 2 saturated carbocycles. The molecule has 200 valence electrons. The summed E-state index contributed by atoms with van der Waals surface area (Å²) in [5.41, 5.74) is -0.326. The summed E-state index contributed by atoms with van der Waals surface area (Å²) in [5.74, 6) is -1.41. The molecule has 3 fully saturated rings. The Labute approximate surface area is 218 Å². The minimum atomic E-state index is -1.80. The van der Waals surface area contributed by atoms with Gasteiger partial charge in [-0.2, -0.15) is 0 Å². The van der Waals surface area contributed by atoms with Crippen molar-refractivity contribution in [3.8, 4) is 0 Å². The number of esters is 1. The van der Waals surface area contributed by atoms with E-state index in [4.69, 9.17) is 14.2 Å². The van der Waals surface area contributed by atoms with Crippen molar-refractivity contribution >= 4 is 11.8 Å². The lowest BCUT2D eigenvalue weighted by atomic mass is 9.59. The zero-order chi connectivity index (χ0) is 26.9. The maximum atomic E-state index is 14.7. The van der Waals surface area contributed by atoms with Crippen LogP contribution < -0.4 is 0 Å². The fourth-order valence-corrected chi connectivity index (χ4v) is 8.42. The second kappa shape index (κ2) is 7.45. The topological polar surface area (TPSA) is 87.0 Å². The molecular formula is C30H39NO6. The number of fused-ring (bicyclic) bond motifs is 5. The first kappa shape index (κ1) is 25.1. The molecule has 7 heteroatoms. The van der Waals surface area contributed by atoms with Gasteiger partial charge in [0.1, 0.15) is 11.8 Å². The highest BCUT2D eigenvalue weighted by molar-refractivity contribution is 5.96. The third kappa shape index (κ3) is 3.05. The van der Waals surface area contributed by atoms with Crippen molar-refractivity contribution in [3.05, 3.63) is 46.8 Å². The Morgan fingerprint density at radius 2 is 1.92 bits per heavy atom. The van der Waals surface area contributed by atoms with Crippen LogP contribution in [0.5, 0.6) is 0 Å². The van der Waals surface area contributed by atoms with E-state index in [2.05, 4.69) is 20.8 Å². The highest BCUT2D eigenvalue weighted by Gasteiger charge is 2.77. The lowest BCUT2D eigenvalue weighted by Crippen LogP contribution is -2.68. The molecular weight excluding hydrogens is 470 g/mol. The van der Waals surface area contributed by atoms with Crippen molar-refractivity contribution in [2.24, 2.45) is 41.5 Å². The van der Waals surface area contributed by atoms with Crippen molar-refractivity contribution in [3.63, 3.8) is 0 Å². The number of allylic oxidation sites excluding steroid dienone is 1. The summed E-state index contributed by atoms with van der Waals surface area (Å²) >= 11 is 0. The molecule has 0 unspecified atom stereocenters. The SMILES string of the molecule is CC1=C[C@]23C(=O)[C@@H](C=C4COC(C)(C)O[C@H]4[C@]2(O)[C@H]1OC(=O)c1c(C)ccn1C)[C@H]1[C@@H](C[C@H]3C)C1(C)C. The quantitative estimate of drug-likeness (QED) is 0.477. The predicted octanol–water partition coefficient (Wildman–Crippen LogP) is 4.13. The smallest absolute Gasteiger partial charge is 0.355 e. The number of ketones is 1. The number of hydrogen-bond donors (Lipinski definition) is 1. The van der Waals surface area contributed by atoms with E-state index < -0.39 is 35.0 Å². The molecule has 8 atom stereocenters. The fourth-order valence-electron chi connectivity index (χ4n) is 8.42. The van der Waals surface area contributed by atoms with Gasteiger partial charge in [-0.25, -0.2) is 4.79 Å². The molecule has 1 aromatic rings. The number of Topliss-reactive ketones (excluding diaryl/α,β-unsaturated/α-hetero) is 1. The number of aromatic nitrogens is 1. The summed E-state index contributed by atoms with van der Waals surface area (Å²) < 4.78 is 20.4. The van der Waals surface area contributed by atoms with Gasteiger partial charge in [0, 0.05) is 19.2 Å². The summed E-state index contributed by atoms with van der Waals surface area (Å²) in [7, 11) is 1.79. The molecule has 0 amide bonds. The van der Waals surface area contributed by atoms with Gasteiger partial charge < -0.3 is 23.9 Å². The van der Waals surface area contributed by atoms with Crippen LogP contribution in [0.1, 0.15) is 64.0 Å². The van der Waals surface area contributed by atoms with E-state index in [0.29, 0.717) is 17.2 Å². The number of nitrogens with zero attached hydrogens (tertiary/aromatic N) is 1. The summed E-state index contributed by atoms with van der Waals surface area (Å²) in [6.07, 6.45) is 4.68. The van der Waals surface area contributed by atoms with E-state index in [9.17, 15) is 14.7 Å². The number of aryl methyl sites for hydroxylation is 2. The van der Waals surface area contributed by atoms with E-state index in [-0.39, 0.29) is 35.6 Å². The number of ether oxygens (including phenoxy) is 3. The van der Waals surface area contributed by atoms with Crippen molar-refractivity contribution in [1.82, 2.24) is 4.57 Å². The highest BCUT2D eigenvalue weighted by atomic mass is 16.7. The van der Waals surface area contributed by atoms with Gasteiger partial charge in [-0.05, 0) is 80.1 Å². The minimum absolute atomic E-state index is 0.0110. The maximum Gasteiger partial charge on any atom is 0.355 e. The van der Waals surface area contributed by atoms with Crippen LogP contribution in [0.2, 0.25) is 0 Å². The first-order valence-corrected chi connectivity index (χ1v) is 13.5. The van der Waals surface area contributed by atoms with Gasteiger partial charge in [-0.3, -0.25) is 4.79 Å². The van der Waals surface area contributed by atoms with Crippen LogP contribution in [0.4, 0.5) is 0 Å². The van der Waals surface area contributed by atoms with Gasteiger partial charge in [0.05, 0.1) is 12.0 Å². The van der Waals surface area contributed by atoms with Crippen LogP contribution in [0, 0.1) is 41.4 Å². The highest BCUT2D eigenvalue weighted by Crippen LogP contribution is 2.72. The van der Waals surface area contributed by atoms with Crippen molar-refractivity contribution in [2.45, 2.75) is 78.5 Å². The monoisotopic (exact) mass is 509 g/mol. The Kier molecular flexibility index (Phi) is 5.05. The molecule has 37 heavy (non-hydrogen) atoms. The molecule has 0 radical (unpaired) electrons. The van der Waals surface area contributed by atoms with Crippen LogP contribution in [0.15, 0.2) is 35.6 Å². The van der Waals surface area contributed by atoms with Crippen LogP contribution in [-0.4, -0.2) is 51.6 Å². The second-order valence-corrected chi connectivity index (χ2v) is 13.2. The van der Waals surface area contributed by atoms with Crippen LogP contribution >= 0.6 is 0 Å². The number of carbonyl (C=O) groups is 2. The van der Waals surface area contributed by atoms with Crippen LogP contribution in [0.25, 0.3) is 0 Å². The Hall–Kier alpha value is -2.22. The molecule has 5 aliphatic rings. The second-order valence-electron chi connectivity index (χ2n) is 13.2. The Morgan fingerprint density at radius 3 is 2.57 bits per heavy atom. The molecule has 1 aliphatic heterocycles. The molecule has 1 N–H and O–H groups in total. The molecule has 0 aromatic carbocycles. The summed E-state index contributed by atoms with van der Waals surface area (Å²) in [6.45, 7) is 14.2. The van der Waals surface area contributed by atoms with Crippen molar-refractivity contribution < 1.29 is 28.9 Å². The van der Waals surface area contributed by atoms with Crippen molar-refractivity contribution in [2.75, 3.05) is 6.61 Å².